The van der Waals surface area contributed by atoms with Crippen molar-refractivity contribution in [1.82, 2.24) is 15.2 Å². The maximum absolute atomic E-state index is 12.3. The van der Waals surface area contributed by atoms with Gasteiger partial charge in [-0.3, -0.25) is 4.79 Å². The molecule has 1 amide bonds. The van der Waals surface area contributed by atoms with E-state index in [-0.39, 0.29) is 5.91 Å². The third-order valence-electron chi connectivity index (χ3n) is 2.83. The van der Waals surface area contributed by atoms with Crippen molar-refractivity contribution in [1.29, 1.82) is 0 Å². The summed E-state index contributed by atoms with van der Waals surface area (Å²) in [6.45, 7) is 0. The van der Waals surface area contributed by atoms with E-state index in [1.54, 1.807) is 24.4 Å². The number of carbonyl (C=O) groups excluding carboxylic acids is 1. The monoisotopic (exact) mass is 301 g/mol. The summed E-state index contributed by atoms with van der Waals surface area (Å²) in [7, 11) is 1.53. The van der Waals surface area contributed by atoms with Crippen LogP contribution in [0.5, 0.6) is 5.88 Å². The van der Waals surface area contributed by atoms with Gasteiger partial charge in [0.1, 0.15) is 9.71 Å². The van der Waals surface area contributed by atoms with Gasteiger partial charge in [-0.15, -0.1) is 16.4 Å². The van der Waals surface area contributed by atoms with Gasteiger partial charge in [-0.2, -0.15) is 5.10 Å². The van der Waals surface area contributed by atoms with Crippen molar-refractivity contribution in [2.24, 2.45) is 0 Å². The average Bonchev–Trinajstić information content (AvgIpc) is 2.86. The quantitative estimate of drug-likeness (QED) is 0.766. The van der Waals surface area contributed by atoms with Crippen molar-refractivity contribution in [3.63, 3.8) is 0 Å². The number of nitrogens with two attached hydrogens (primary N) is 1. The Labute approximate surface area is 123 Å². The van der Waals surface area contributed by atoms with Crippen LogP contribution in [-0.4, -0.2) is 28.2 Å². The normalized spacial score (nSPS) is 10.5. The minimum atomic E-state index is -0.303. The number of nitrogen functional groups attached to an aromatic ring is 1. The predicted octanol–water partition coefficient (Wildman–Crippen LogP) is 1.93. The molecule has 8 heteroatoms. The fourth-order valence-corrected chi connectivity index (χ4v) is 2.74. The highest BCUT2D eigenvalue weighted by Crippen LogP contribution is 2.32. The van der Waals surface area contributed by atoms with E-state index < -0.39 is 0 Å². The van der Waals surface area contributed by atoms with Crippen LogP contribution >= 0.6 is 11.3 Å². The molecule has 0 aliphatic rings. The second kappa shape index (κ2) is 5.33. The molecule has 0 atom stereocenters. The zero-order chi connectivity index (χ0) is 14.8. The summed E-state index contributed by atoms with van der Waals surface area (Å²) in [5, 5.41) is 11.2. The minimum Gasteiger partial charge on any atom is -0.481 e. The summed E-state index contributed by atoms with van der Waals surface area (Å²) >= 11 is 1.20. The number of amides is 1. The molecule has 106 valence electrons. The maximum atomic E-state index is 12.3. The molecule has 0 fully saturated rings. The van der Waals surface area contributed by atoms with Crippen LogP contribution in [0.1, 0.15) is 9.67 Å². The molecule has 0 saturated carbocycles. The Morgan fingerprint density at radius 1 is 1.38 bits per heavy atom. The molecule has 0 bridgehead atoms. The van der Waals surface area contributed by atoms with E-state index in [9.17, 15) is 4.79 Å². The van der Waals surface area contributed by atoms with Gasteiger partial charge in [0.25, 0.3) is 5.91 Å². The van der Waals surface area contributed by atoms with Gasteiger partial charge in [-0.1, -0.05) is 0 Å². The van der Waals surface area contributed by atoms with E-state index in [0.29, 0.717) is 27.0 Å². The van der Waals surface area contributed by atoms with Crippen LogP contribution in [0.4, 0.5) is 11.4 Å². The number of fused-ring (bicyclic) bond motifs is 1. The summed E-state index contributed by atoms with van der Waals surface area (Å²) in [5.74, 6) is 0.173. The topological polar surface area (TPSA) is 103 Å². The molecule has 21 heavy (non-hydrogen) atoms. The second-order valence-electron chi connectivity index (χ2n) is 4.14. The van der Waals surface area contributed by atoms with Gasteiger partial charge >= 0.3 is 0 Å². The Hall–Kier alpha value is -2.74. The van der Waals surface area contributed by atoms with Crippen LogP contribution < -0.4 is 15.8 Å². The molecule has 3 N–H and O–H groups in total. The Balaban J connectivity index is 1.87. The first-order valence-electron chi connectivity index (χ1n) is 6.00. The van der Waals surface area contributed by atoms with Gasteiger partial charge in [0, 0.05) is 11.5 Å². The molecule has 0 radical (unpaired) electrons. The number of anilines is 2. The lowest BCUT2D eigenvalue weighted by molar-refractivity contribution is 0.103. The van der Waals surface area contributed by atoms with Crippen LogP contribution in [0.3, 0.4) is 0 Å². The molecule has 7 nitrogen and oxygen atoms in total. The van der Waals surface area contributed by atoms with Crippen LogP contribution in [0, 0.1) is 0 Å². The molecule has 0 spiro atoms. The van der Waals surface area contributed by atoms with Gasteiger partial charge in [-0.05, 0) is 12.1 Å². The molecule has 3 aromatic rings. The summed E-state index contributed by atoms with van der Waals surface area (Å²) in [6, 6.07) is 5.10. The fourth-order valence-electron chi connectivity index (χ4n) is 1.80. The van der Waals surface area contributed by atoms with Gasteiger partial charge < -0.3 is 15.8 Å². The highest BCUT2D eigenvalue weighted by molar-refractivity contribution is 7.21. The smallest absolute Gasteiger partial charge is 0.267 e. The van der Waals surface area contributed by atoms with Crippen LogP contribution in [-0.2, 0) is 0 Å². The van der Waals surface area contributed by atoms with Crippen LogP contribution in [0.15, 0.2) is 30.6 Å². The minimum absolute atomic E-state index is 0.303. The highest BCUT2D eigenvalue weighted by Gasteiger charge is 2.17. The molecule has 0 aliphatic heterocycles. The Bertz CT molecular complexity index is 800. The standard InChI is InChI=1S/C13H11N5O2S/c1-20-9-3-2-7(6-15-9)17-12(19)11-10(14)8-4-5-16-18-13(8)21-11/h2-6H,14H2,1H3,(H,17,19). The van der Waals surface area contributed by atoms with E-state index in [4.69, 9.17) is 10.5 Å². The Morgan fingerprint density at radius 3 is 2.90 bits per heavy atom. The Kier molecular flexibility index (Phi) is 3.36. The van der Waals surface area contributed by atoms with Crippen molar-refractivity contribution >= 4 is 38.8 Å². The number of thiophene rings is 1. The average molecular weight is 301 g/mol. The first kappa shape index (κ1) is 13.3. The third-order valence-corrected chi connectivity index (χ3v) is 3.93. The largest absolute Gasteiger partial charge is 0.481 e. The lowest BCUT2D eigenvalue weighted by Gasteiger charge is -2.04. The first-order chi connectivity index (χ1) is 10.2. The third kappa shape index (κ3) is 2.48. The number of nitrogens with zero attached hydrogens (tertiary/aromatic N) is 3. The zero-order valence-corrected chi connectivity index (χ0v) is 11.8. The molecular formula is C13H11N5O2S. The van der Waals surface area contributed by atoms with Crippen molar-refractivity contribution < 1.29 is 9.53 Å². The molecule has 0 aromatic carbocycles. The van der Waals surface area contributed by atoms with Gasteiger partial charge in [-0.25, -0.2) is 4.98 Å². The number of methoxy groups -OCH3 is 1. The van der Waals surface area contributed by atoms with Crippen molar-refractivity contribution in [3.05, 3.63) is 35.5 Å². The first-order valence-corrected chi connectivity index (χ1v) is 6.81. The highest BCUT2D eigenvalue weighted by atomic mass is 32.1. The number of hydrogen-bond acceptors (Lipinski definition) is 7. The number of ether oxygens (including phenoxy) is 1. The molecular weight excluding hydrogens is 290 g/mol. The maximum Gasteiger partial charge on any atom is 0.267 e. The molecule has 0 unspecified atom stereocenters. The number of aromatic nitrogens is 3. The molecule has 3 aromatic heterocycles. The van der Waals surface area contributed by atoms with Crippen molar-refractivity contribution in [2.45, 2.75) is 0 Å². The van der Waals surface area contributed by atoms with Crippen molar-refractivity contribution in [2.75, 3.05) is 18.2 Å². The van der Waals surface area contributed by atoms with Gasteiger partial charge in [0.2, 0.25) is 5.88 Å². The number of hydrogen-bond donors (Lipinski definition) is 2. The molecule has 0 saturated heterocycles. The number of rotatable bonds is 3. The summed E-state index contributed by atoms with van der Waals surface area (Å²) < 4.78 is 4.96. The van der Waals surface area contributed by atoms with Gasteiger partial charge in [0.05, 0.1) is 30.9 Å². The molecule has 3 rings (SSSR count). The number of nitrogens with one attached hydrogen (secondary N) is 1. The summed E-state index contributed by atoms with van der Waals surface area (Å²) in [5.41, 5.74) is 6.95. The lowest BCUT2D eigenvalue weighted by atomic mass is 10.2. The van der Waals surface area contributed by atoms with Crippen LogP contribution in [0.25, 0.3) is 10.2 Å². The second-order valence-corrected chi connectivity index (χ2v) is 5.14. The van der Waals surface area contributed by atoms with E-state index in [1.807, 2.05) is 0 Å². The number of carbonyl (C=O) groups is 1. The fraction of sp³-hybridized carbons (Fsp3) is 0.0769. The van der Waals surface area contributed by atoms with E-state index in [0.717, 1.165) is 5.39 Å². The van der Waals surface area contributed by atoms with Crippen LogP contribution in [0.2, 0.25) is 0 Å². The zero-order valence-electron chi connectivity index (χ0n) is 11.0. The van der Waals surface area contributed by atoms with E-state index in [1.165, 1.54) is 24.6 Å². The van der Waals surface area contributed by atoms with E-state index >= 15 is 0 Å². The molecule has 3 heterocycles. The van der Waals surface area contributed by atoms with Crippen molar-refractivity contribution in [3.8, 4) is 5.88 Å². The SMILES string of the molecule is COc1ccc(NC(=O)c2sc3nnccc3c2N)cn1. The number of pyridine rings is 1. The summed E-state index contributed by atoms with van der Waals surface area (Å²) in [4.78, 5) is 17.3. The summed E-state index contributed by atoms with van der Waals surface area (Å²) in [6.07, 6.45) is 3.06. The predicted molar refractivity (Wildman–Crippen MR) is 80.6 cm³/mol. The molecule has 0 aliphatic carbocycles. The van der Waals surface area contributed by atoms with Gasteiger partial charge in [0.15, 0.2) is 0 Å². The van der Waals surface area contributed by atoms with E-state index in [2.05, 4.69) is 20.5 Å². The Morgan fingerprint density at radius 2 is 2.24 bits per heavy atom. The lowest BCUT2D eigenvalue weighted by Crippen LogP contribution is -2.12.